The van der Waals surface area contributed by atoms with Gasteiger partial charge in [-0.3, -0.25) is 0 Å². The Morgan fingerprint density at radius 1 is 1.20 bits per heavy atom. The molecule has 5 rings (SSSR count). The number of hydrogen-bond acceptors (Lipinski definition) is 6. The molecule has 4 heterocycles. The number of hydrogen-bond donors (Lipinski definition) is 2. The van der Waals surface area contributed by atoms with Gasteiger partial charge in [0.2, 0.25) is 5.95 Å². The summed E-state index contributed by atoms with van der Waals surface area (Å²) in [6.45, 7) is 11.3. The van der Waals surface area contributed by atoms with Gasteiger partial charge in [0, 0.05) is 12.1 Å². The van der Waals surface area contributed by atoms with Crippen LogP contribution in [0.4, 0.5) is 10.3 Å². The molecule has 9 heteroatoms. The predicted octanol–water partition coefficient (Wildman–Crippen LogP) is 5.48. The fourth-order valence-electron chi connectivity index (χ4n) is 4.44. The van der Waals surface area contributed by atoms with E-state index in [1.54, 1.807) is 12.1 Å². The first-order valence-electron chi connectivity index (χ1n) is 12.2. The van der Waals surface area contributed by atoms with Crippen LogP contribution in [0.2, 0.25) is 0 Å². The Labute approximate surface area is 206 Å². The molecule has 1 fully saturated rings. The fourth-order valence-corrected chi connectivity index (χ4v) is 4.44. The lowest BCUT2D eigenvalue weighted by Gasteiger charge is -2.20. The molecule has 0 atom stereocenters. The molecule has 0 amide bonds. The molecule has 188 valence electrons. The van der Waals surface area contributed by atoms with Crippen molar-refractivity contribution < 1.29 is 4.39 Å². The van der Waals surface area contributed by atoms with Gasteiger partial charge < -0.3 is 15.6 Å². The third kappa shape index (κ3) is 6.03. The molecule has 0 saturated heterocycles. The van der Waals surface area contributed by atoms with Gasteiger partial charge in [0.05, 0.1) is 29.2 Å². The molecule has 0 unspecified atom stereocenters. The molecule has 0 spiro atoms. The van der Waals surface area contributed by atoms with Crippen molar-refractivity contribution in [2.24, 2.45) is 0 Å². The molecular formula is C26H37FN8. The Morgan fingerprint density at radius 3 is 2.49 bits per heavy atom. The van der Waals surface area contributed by atoms with Crippen LogP contribution in [-0.2, 0) is 0 Å². The Hall–Kier alpha value is -3.33. The molecule has 1 saturated carbocycles. The minimum atomic E-state index is -0.422. The van der Waals surface area contributed by atoms with Crippen LogP contribution in [0.1, 0.15) is 64.7 Å². The molecule has 4 aromatic heterocycles. The van der Waals surface area contributed by atoms with Gasteiger partial charge >= 0.3 is 0 Å². The van der Waals surface area contributed by atoms with E-state index in [1.165, 1.54) is 49.0 Å². The van der Waals surface area contributed by atoms with E-state index < -0.39 is 5.82 Å². The van der Waals surface area contributed by atoms with Crippen molar-refractivity contribution >= 4 is 22.6 Å². The second-order valence-electron chi connectivity index (χ2n) is 8.99. The highest BCUT2D eigenvalue weighted by Gasteiger charge is 2.18. The van der Waals surface area contributed by atoms with Crippen molar-refractivity contribution in [3.8, 4) is 11.3 Å². The van der Waals surface area contributed by atoms with Gasteiger partial charge in [0.25, 0.3) is 0 Å². The van der Waals surface area contributed by atoms with Crippen molar-refractivity contribution in [2.75, 3.05) is 12.8 Å². The van der Waals surface area contributed by atoms with Crippen LogP contribution in [0.15, 0.2) is 37.2 Å². The van der Waals surface area contributed by atoms with Crippen LogP contribution in [-0.4, -0.2) is 42.2 Å². The molecule has 0 bridgehead atoms. The van der Waals surface area contributed by atoms with E-state index in [-0.39, 0.29) is 12.0 Å². The van der Waals surface area contributed by atoms with E-state index in [2.05, 4.69) is 52.8 Å². The van der Waals surface area contributed by atoms with Gasteiger partial charge in [-0.2, -0.15) is 0 Å². The summed E-state index contributed by atoms with van der Waals surface area (Å²) >= 11 is 0. The molecule has 0 aromatic carbocycles. The maximum Gasteiger partial charge on any atom is 0.238 e. The number of imidazole rings is 1. The minimum Gasteiger partial charge on any atom is -0.367 e. The normalized spacial score (nSPS) is 13.9. The third-order valence-electron chi connectivity index (χ3n) is 6.01. The van der Waals surface area contributed by atoms with Gasteiger partial charge in [0.1, 0.15) is 11.3 Å². The molecule has 3 N–H and O–H groups in total. The number of allylic oxidation sites excluding steroid dienone is 1. The number of halogens is 1. The predicted molar refractivity (Wildman–Crippen MR) is 141 cm³/mol. The first-order chi connectivity index (χ1) is 16.8. The van der Waals surface area contributed by atoms with Crippen molar-refractivity contribution in [2.45, 2.75) is 71.9 Å². The number of nitrogen functional groups attached to an aromatic ring is 1. The summed E-state index contributed by atoms with van der Waals surface area (Å²) in [5.41, 5.74) is 8.46. The number of rotatable bonds is 3. The van der Waals surface area contributed by atoms with E-state index in [0.29, 0.717) is 16.8 Å². The quantitative estimate of drug-likeness (QED) is 0.377. The Morgan fingerprint density at radius 2 is 1.89 bits per heavy atom. The van der Waals surface area contributed by atoms with Gasteiger partial charge in [0.15, 0.2) is 11.5 Å². The zero-order valence-electron chi connectivity index (χ0n) is 21.4. The summed E-state index contributed by atoms with van der Waals surface area (Å²) in [5.74, 6) is 0.540. The summed E-state index contributed by atoms with van der Waals surface area (Å²) in [6.07, 6.45) is 11.7. The number of aryl methyl sites for hydroxylation is 1. The zero-order valence-corrected chi connectivity index (χ0v) is 21.4. The number of aromatic nitrogens is 6. The van der Waals surface area contributed by atoms with Crippen molar-refractivity contribution in [1.82, 2.24) is 34.4 Å². The summed E-state index contributed by atoms with van der Waals surface area (Å²) in [7, 11) is 2.07. The van der Waals surface area contributed by atoms with Gasteiger partial charge in [-0.25, -0.2) is 23.9 Å². The highest BCUT2D eigenvalue weighted by atomic mass is 19.1. The van der Waals surface area contributed by atoms with Gasteiger partial charge in [-0.1, -0.05) is 25.3 Å². The molecule has 8 nitrogen and oxygen atoms in total. The smallest absolute Gasteiger partial charge is 0.238 e. The summed E-state index contributed by atoms with van der Waals surface area (Å²) < 4.78 is 17.9. The molecule has 0 radical (unpaired) electrons. The zero-order chi connectivity index (χ0) is 25.5. The maximum absolute atomic E-state index is 14.5. The second kappa shape index (κ2) is 11.9. The van der Waals surface area contributed by atoms with Crippen molar-refractivity contribution in [1.29, 1.82) is 0 Å². The molecule has 0 aliphatic heterocycles. The molecule has 4 aromatic rings. The van der Waals surface area contributed by atoms with Crippen LogP contribution in [0, 0.1) is 12.7 Å². The molecule has 35 heavy (non-hydrogen) atoms. The molecular weight excluding hydrogens is 443 g/mol. The summed E-state index contributed by atoms with van der Waals surface area (Å²) in [4.78, 5) is 13.1. The number of nitrogens with zero attached hydrogens (tertiary/aromatic N) is 6. The van der Waals surface area contributed by atoms with Crippen LogP contribution < -0.4 is 11.1 Å². The van der Waals surface area contributed by atoms with Gasteiger partial charge in [-0.15, -0.1) is 11.7 Å². The van der Waals surface area contributed by atoms with Gasteiger partial charge in [-0.05, 0) is 59.7 Å². The van der Waals surface area contributed by atoms with E-state index in [0.717, 1.165) is 23.0 Å². The minimum absolute atomic E-state index is 0.0842. The number of pyridine rings is 1. The van der Waals surface area contributed by atoms with E-state index in [4.69, 9.17) is 5.73 Å². The monoisotopic (exact) mass is 480 g/mol. The third-order valence-corrected chi connectivity index (χ3v) is 6.01. The van der Waals surface area contributed by atoms with Crippen molar-refractivity contribution in [3.63, 3.8) is 0 Å². The highest BCUT2D eigenvalue weighted by molar-refractivity contribution is 5.83. The first-order valence-corrected chi connectivity index (χ1v) is 12.2. The lowest BCUT2D eigenvalue weighted by atomic mass is 9.96. The number of nitrogens with two attached hydrogens (primary N) is 1. The van der Waals surface area contributed by atoms with Crippen LogP contribution in [0.5, 0.6) is 0 Å². The van der Waals surface area contributed by atoms with E-state index in [1.807, 2.05) is 24.5 Å². The van der Waals surface area contributed by atoms with Crippen LogP contribution >= 0.6 is 0 Å². The Balaban J connectivity index is 0.000000260. The molecule has 1 aliphatic rings. The summed E-state index contributed by atoms with van der Waals surface area (Å²) in [6, 6.07) is 4.65. The van der Waals surface area contributed by atoms with E-state index >= 15 is 0 Å². The Kier molecular flexibility index (Phi) is 8.92. The highest BCUT2D eigenvalue weighted by Crippen LogP contribution is 2.29. The van der Waals surface area contributed by atoms with E-state index in [9.17, 15) is 4.39 Å². The molecule has 1 aliphatic carbocycles. The van der Waals surface area contributed by atoms with Crippen LogP contribution in [0.25, 0.3) is 27.9 Å². The maximum atomic E-state index is 14.5. The average Bonchev–Trinajstić information content (AvgIpc) is 3.34. The second-order valence-corrected chi connectivity index (χ2v) is 8.99. The number of fused-ring (bicyclic) bond motifs is 2. The standard InChI is InChI=1S/C16H16FN7.C7H15N.C3H6/c1-8(2)24-9(3)20-12-5-4-11(21-15(12)24)14-10(17)7-23-13(14)6-19-16(18)22-23;1-8-7-5-3-2-4-6-7;1-3-2/h4-8H,1-3H3,(H2,18,22);7-8H,2-6H2,1H3;3H,1H2,2H3. The van der Waals surface area contributed by atoms with Crippen molar-refractivity contribution in [3.05, 3.63) is 48.8 Å². The number of anilines is 1. The number of nitrogens with one attached hydrogen (secondary N) is 1. The lowest BCUT2D eigenvalue weighted by Crippen LogP contribution is -2.26. The SMILES string of the molecule is C=CC.CNC1CCCCC1.Cc1nc2ccc(-c3c(F)cn4nc(N)ncc34)nc2n1C(C)C. The fraction of sp³-hybridized carbons (Fsp3) is 0.462. The summed E-state index contributed by atoms with van der Waals surface area (Å²) in [5, 5.41) is 7.30. The van der Waals surface area contributed by atoms with Crippen LogP contribution in [0.3, 0.4) is 0 Å². The largest absolute Gasteiger partial charge is 0.367 e. The Bertz CT molecular complexity index is 1270. The first kappa shape index (κ1) is 26.3. The lowest BCUT2D eigenvalue weighted by molar-refractivity contribution is 0.394. The topological polar surface area (TPSA) is 98.9 Å². The average molecular weight is 481 g/mol.